The van der Waals surface area contributed by atoms with Crippen LogP contribution in [0.5, 0.6) is 0 Å². The van der Waals surface area contributed by atoms with Crippen molar-refractivity contribution in [3.63, 3.8) is 0 Å². The van der Waals surface area contributed by atoms with Gasteiger partial charge in [-0.3, -0.25) is 4.90 Å². The molecule has 3 nitrogen and oxygen atoms in total. The van der Waals surface area contributed by atoms with Crippen molar-refractivity contribution in [3.05, 3.63) is 35.9 Å². The molecule has 3 rings (SSSR count). The standard InChI is InChI=1S/C17H26N2O/c1-2-16-13-19(10-11-20-16)17(12-18-15-8-9-15)14-6-4-3-5-7-14/h3-7,15-18H,2,8-13H2,1H3. The molecule has 1 saturated heterocycles. The summed E-state index contributed by atoms with van der Waals surface area (Å²) in [6.07, 6.45) is 4.20. The molecule has 2 unspecified atom stereocenters. The monoisotopic (exact) mass is 274 g/mol. The van der Waals surface area contributed by atoms with Gasteiger partial charge in [0.1, 0.15) is 0 Å². The Morgan fingerprint density at radius 3 is 2.80 bits per heavy atom. The van der Waals surface area contributed by atoms with Crippen molar-refractivity contribution in [3.8, 4) is 0 Å². The highest BCUT2D eigenvalue weighted by Gasteiger charge is 2.28. The number of hydrogen-bond acceptors (Lipinski definition) is 3. The number of nitrogens with one attached hydrogen (secondary N) is 1. The van der Waals surface area contributed by atoms with Crippen molar-refractivity contribution in [2.75, 3.05) is 26.2 Å². The number of ether oxygens (including phenoxy) is 1. The molecule has 1 aliphatic carbocycles. The van der Waals surface area contributed by atoms with E-state index in [2.05, 4.69) is 47.5 Å². The Labute approximate surface area is 122 Å². The molecule has 1 N–H and O–H groups in total. The summed E-state index contributed by atoms with van der Waals surface area (Å²) in [4.78, 5) is 2.60. The minimum atomic E-state index is 0.399. The molecule has 1 heterocycles. The third-order valence-electron chi connectivity index (χ3n) is 4.43. The predicted octanol–water partition coefficient (Wildman–Crippen LogP) is 2.59. The van der Waals surface area contributed by atoms with E-state index in [-0.39, 0.29) is 0 Å². The number of nitrogens with zero attached hydrogens (tertiary/aromatic N) is 1. The van der Waals surface area contributed by atoms with E-state index in [4.69, 9.17) is 4.74 Å². The van der Waals surface area contributed by atoms with E-state index in [1.54, 1.807) is 0 Å². The Bertz CT molecular complexity index is 405. The van der Waals surface area contributed by atoms with Gasteiger partial charge in [0.05, 0.1) is 12.7 Å². The number of rotatable bonds is 6. The Kier molecular flexibility index (Phi) is 4.71. The molecule has 0 bridgehead atoms. The molecule has 110 valence electrons. The Balaban J connectivity index is 1.69. The van der Waals surface area contributed by atoms with E-state index in [1.807, 2.05) is 0 Å². The van der Waals surface area contributed by atoms with Crippen LogP contribution < -0.4 is 5.32 Å². The molecule has 0 amide bonds. The average Bonchev–Trinajstić information content (AvgIpc) is 3.33. The zero-order valence-corrected chi connectivity index (χ0v) is 12.4. The van der Waals surface area contributed by atoms with Crippen molar-refractivity contribution in [1.82, 2.24) is 10.2 Å². The van der Waals surface area contributed by atoms with Crippen LogP contribution >= 0.6 is 0 Å². The van der Waals surface area contributed by atoms with Gasteiger partial charge in [-0.25, -0.2) is 0 Å². The fourth-order valence-corrected chi connectivity index (χ4v) is 2.97. The molecule has 1 saturated carbocycles. The average molecular weight is 274 g/mol. The van der Waals surface area contributed by atoms with Crippen molar-refractivity contribution in [2.24, 2.45) is 0 Å². The topological polar surface area (TPSA) is 24.5 Å². The Hall–Kier alpha value is -0.900. The largest absolute Gasteiger partial charge is 0.376 e. The zero-order valence-electron chi connectivity index (χ0n) is 12.4. The van der Waals surface area contributed by atoms with E-state index in [0.717, 1.165) is 38.7 Å². The van der Waals surface area contributed by atoms with Crippen LogP contribution in [0.3, 0.4) is 0 Å². The first-order valence-corrected chi connectivity index (χ1v) is 8.00. The van der Waals surface area contributed by atoms with E-state index >= 15 is 0 Å². The highest BCUT2D eigenvalue weighted by molar-refractivity contribution is 5.20. The molecule has 2 atom stereocenters. The second kappa shape index (κ2) is 6.70. The van der Waals surface area contributed by atoms with E-state index in [9.17, 15) is 0 Å². The first-order chi connectivity index (χ1) is 9.86. The van der Waals surface area contributed by atoms with Gasteiger partial charge in [0.2, 0.25) is 0 Å². The first-order valence-electron chi connectivity index (χ1n) is 8.00. The Morgan fingerprint density at radius 1 is 1.30 bits per heavy atom. The maximum absolute atomic E-state index is 5.82. The third kappa shape index (κ3) is 3.60. The van der Waals surface area contributed by atoms with Gasteiger partial charge in [-0.05, 0) is 24.8 Å². The first kappa shape index (κ1) is 14.1. The van der Waals surface area contributed by atoms with Crippen LogP contribution in [0, 0.1) is 0 Å². The van der Waals surface area contributed by atoms with Crippen molar-refractivity contribution in [2.45, 2.75) is 44.4 Å². The fourth-order valence-electron chi connectivity index (χ4n) is 2.97. The van der Waals surface area contributed by atoms with E-state index < -0.39 is 0 Å². The van der Waals surface area contributed by atoms with Crippen LogP contribution in [-0.2, 0) is 4.74 Å². The Morgan fingerprint density at radius 2 is 2.10 bits per heavy atom. The summed E-state index contributed by atoms with van der Waals surface area (Å²) in [7, 11) is 0. The molecule has 20 heavy (non-hydrogen) atoms. The third-order valence-corrected chi connectivity index (χ3v) is 4.43. The van der Waals surface area contributed by atoms with Crippen LogP contribution in [0.15, 0.2) is 30.3 Å². The molecule has 1 aromatic rings. The number of benzene rings is 1. The van der Waals surface area contributed by atoms with E-state index in [0.29, 0.717) is 12.1 Å². The highest BCUT2D eigenvalue weighted by Crippen LogP contribution is 2.25. The van der Waals surface area contributed by atoms with Crippen LogP contribution in [-0.4, -0.2) is 43.3 Å². The van der Waals surface area contributed by atoms with Crippen molar-refractivity contribution >= 4 is 0 Å². The maximum atomic E-state index is 5.82. The SMILES string of the molecule is CCC1CN(C(CNC2CC2)c2ccccc2)CCO1. The van der Waals surface area contributed by atoms with Gasteiger partial charge in [-0.1, -0.05) is 37.3 Å². The summed E-state index contributed by atoms with van der Waals surface area (Å²) in [6, 6.07) is 12.2. The lowest BCUT2D eigenvalue weighted by Crippen LogP contribution is -2.46. The normalized spacial score (nSPS) is 25.6. The smallest absolute Gasteiger partial charge is 0.0700 e. The summed E-state index contributed by atoms with van der Waals surface area (Å²) < 4.78 is 5.82. The lowest BCUT2D eigenvalue weighted by atomic mass is 10.0. The van der Waals surface area contributed by atoms with Crippen LogP contribution in [0.2, 0.25) is 0 Å². The van der Waals surface area contributed by atoms with Gasteiger partial charge in [0.15, 0.2) is 0 Å². The van der Waals surface area contributed by atoms with Crippen LogP contribution in [0.4, 0.5) is 0 Å². The van der Waals surface area contributed by atoms with Crippen LogP contribution in [0.25, 0.3) is 0 Å². The van der Waals surface area contributed by atoms with Gasteiger partial charge in [-0.2, -0.15) is 0 Å². The predicted molar refractivity (Wildman–Crippen MR) is 81.8 cm³/mol. The summed E-state index contributed by atoms with van der Waals surface area (Å²) in [6.45, 7) is 6.25. The molecule has 0 aromatic heterocycles. The molecular weight excluding hydrogens is 248 g/mol. The zero-order chi connectivity index (χ0) is 13.8. The molecule has 2 fully saturated rings. The van der Waals surface area contributed by atoms with E-state index in [1.165, 1.54) is 18.4 Å². The van der Waals surface area contributed by atoms with Gasteiger partial charge in [-0.15, -0.1) is 0 Å². The molecule has 2 aliphatic rings. The summed E-state index contributed by atoms with van der Waals surface area (Å²) in [5, 5.41) is 3.70. The maximum Gasteiger partial charge on any atom is 0.0700 e. The summed E-state index contributed by atoms with van der Waals surface area (Å²) in [5.41, 5.74) is 1.43. The van der Waals surface area contributed by atoms with Gasteiger partial charge >= 0.3 is 0 Å². The van der Waals surface area contributed by atoms with Crippen LogP contribution in [0.1, 0.15) is 37.8 Å². The minimum absolute atomic E-state index is 0.399. The van der Waals surface area contributed by atoms with Gasteiger partial charge in [0, 0.05) is 31.7 Å². The summed E-state index contributed by atoms with van der Waals surface area (Å²) >= 11 is 0. The number of hydrogen-bond donors (Lipinski definition) is 1. The molecule has 1 aromatic carbocycles. The minimum Gasteiger partial charge on any atom is -0.376 e. The molecular formula is C17H26N2O. The second-order valence-corrected chi connectivity index (χ2v) is 6.00. The molecule has 0 radical (unpaired) electrons. The number of morpholine rings is 1. The molecule has 3 heteroatoms. The fraction of sp³-hybridized carbons (Fsp3) is 0.647. The molecule has 0 spiro atoms. The van der Waals surface area contributed by atoms with Gasteiger partial charge < -0.3 is 10.1 Å². The quantitative estimate of drug-likeness (QED) is 0.863. The highest BCUT2D eigenvalue weighted by atomic mass is 16.5. The van der Waals surface area contributed by atoms with Crippen molar-refractivity contribution < 1.29 is 4.74 Å². The van der Waals surface area contributed by atoms with Gasteiger partial charge in [0.25, 0.3) is 0 Å². The second-order valence-electron chi connectivity index (χ2n) is 6.00. The molecule has 1 aliphatic heterocycles. The van der Waals surface area contributed by atoms with Crippen molar-refractivity contribution in [1.29, 1.82) is 0 Å². The lowest BCUT2D eigenvalue weighted by Gasteiger charge is -2.38. The lowest BCUT2D eigenvalue weighted by molar-refractivity contribution is -0.0448. The summed E-state index contributed by atoms with van der Waals surface area (Å²) in [5.74, 6) is 0.